The van der Waals surface area contributed by atoms with E-state index >= 15 is 0 Å². The SMILES string of the molecule is Nc1nc(C(=O)C2NCCC3CCCCC32)cc2nc(-c3ccco3)nn12. The molecule has 27 heavy (non-hydrogen) atoms. The van der Waals surface area contributed by atoms with Crippen molar-refractivity contribution >= 4 is 17.4 Å². The van der Waals surface area contributed by atoms with Crippen molar-refractivity contribution in [2.45, 2.75) is 38.1 Å². The Morgan fingerprint density at radius 3 is 3.00 bits per heavy atom. The number of nitrogens with two attached hydrogens (primary N) is 1. The fourth-order valence-electron chi connectivity index (χ4n) is 4.60. The van der Waals surface area contributed by atoms with Gasteiger partial charge in [-0.1, -0.05) is 19.3 Å². The summed E-state index contributed by atoms with van der Waals surface area (Å²) in [5, 5.41) is 7.75. The molecule has 0 amide bonds. The molecule has 1 saturated heterocycles. The first kappa shape index (κ1) is 16.4. The Labute approximate surface area is 156 Å². The van der Waals surface area contributed by atoms with E-state index in [1.54, 1.807) is 24.5 Å². The van der Waals surface area contributed by atoms with E-state index in [-0.39, 0.29) is 17.8 Å². The van der Waals surface area contributed by atoms with Crippen molar-refractivity contribution < 1.29 is 9.21 Å². The molecule has 1 aliphatic carbocycles. The number of hydrogen-bond acceptors (Lipinski definition) is 7. The van der Waals surface area contributed by atoms with Crippen LogP contribution in [0.15, 0.2) is 28.9 Å². The maximum Gasteiger partial charge on any atom is 0.223 e. The number of carbonyl (C=O) groups is 1. The van der Waals surface area contributed by atoms with Gasteiger partial charge in [0.05, 0.1) is 12.3 Å². The van der Waals surface area contributed by atoms with Gasteiger partial charge < -0.3 is 15.5 Å². The van der Waals surface area contributed by atoms with Crippen LogP contribution in [0, 0.1) is 11.8 Å². The third kappa shape index (κ3) is 2.80. The molecule has 2 aliphatic rings. The number of carbonyl (C=O) groups excluding carboxylic acids is 1. The van der Waals surface area contributed by atoms with Gasteiger partial charge in [0.15, 0.2) is 17.2 Å². The minimum atomic E-state index is -0.189. The molecule has 0 bridgehead atoms. The van der Waals surface area contributed by atoms with E-state index in [2.05, 4.69) is 20.4 Å². The zero-order valence-electron chi connectivity index (χ0n) is 15.0. The largest absolute Gasteiger partial charge is 0.461 e. The second-order valence-corrected chi connectivity index (χ2v) is 7.48. The van der Waals surface area contributed by atoms with Gasteiger partial charge in [0.2, 0.25) is 11.8 Å². The molecule has 0 radical (unpaired) electrons. The Morgan fingerprint density at radius 2 is 2.15 bits per heavy atom. The molecule has 1 aliphatic heterocycles. The van der Waals surface area contributed by atoms with Crippen LogP contribution in [0.5, 0.6) is 0 Å². The highest BCUT2D eigenvalue weighted by Crippen LogP contribution is 2.37. The van der Waals surface area contributed by atoms with E-state index in [0.717, 1.165) is 19.4 Å². The van der Waals surface area contributed by atoms with Crippen molar-refractivity contribution in [3.8, 4) is 11.6 Å². The van der Waals surface area contributed by atoms with Crippen molar-refractivity contribution in [1.82, 2.24) is 24.9 Å². The van der Waals surface area contributed by atoms with Crippen LogP contribution in [0.3, 0.4) is 0 Å². The lowest BCUT2D eigenvalue weighted by atomic mass is 9.70. The molecule has 0 aromatic carbocycles. The van der Waals surface area contributed by atoms with Crippen LogP contribution in [-0.4, -0.2) is 38.0 Å². The zero-order valence-corrected chi connectivity index (χ0v) is 15.0. The average Bonchev–Trinajstić information content (AvgIpc) is 3.36. The topological polar surface area (TPSA) is 111 Å². The Balaban J connectivity index is 1.49. The Bertz CT molecular complexity index is 978. The summed E-state index contributed by atoms with van der Waals surface area (Å²) >= 11 is 0. The Hall–Kier alpha value is -2.74. The summed E-state index contributed by atoms with van der Waals surface area (Å²) in [5.41, 5.74) is 6.91. The first-order chi connectivity index (χ1) is 13.2. The molecule has 1 saturated carbocycles. The third-order valence-electron chi connectivity index (χ3n) is 5.90. The maximum atomic E-state index is 13.2. The van der Waals surface area contributed by atoms with E-state index in [1.807, 2.05) is 0 Å². The van der Waals surface area contributed by atoms with E-state index in [9.17, 15) is 4.79 Å². The van der Waals surface area contributed by atoms with Gasteiger partial charge in [0.25, 0.3) is 0 Å². The highest BCUT2D eigenvalue weighted by atomic mass is 16.3. The summed E-state index contributed by atoms with van der Waals surface area (Å²) in [5.74, 6) is 2.14. The molecule has 3 N–H and O–H groups in total. The number of anilines is 1. The number of hydrogen-bond donors (Lipinski definition) is 2. The minimum Gasteiger partial charge on any atom is -0.461 e. The quantitative estimate of drug-likeness (QED) is 0.684. The molecule has 8 nitrogen and oxygen atoms in total. The summed E-state index contributed by atoms with van der Waals surface area (Å²) in [4.78, 5) is 22.0. The summed E-state index contributed by atoms with van der Waals surface area (Å²) in [6.45, 7) is 0.878. The monoisotopic (exact) mass is 366 g/mol. The van der Waals surface area contributed by atoms with Crippen molar-refractivity contribution in [3.63, 3.8) is 0 Å². The van der Waals surface area contributed by atoms with E-state index in [4.69, 9.17) is 10.2 Å². The number of nitrogen functional groups attached to an aromatic ring is 1. The number of ketones is 1. The van der Waals surface area contributed by atoms with Crippen LogP contribution in [0.4, 0.5) is 5.95 Å². The van der Waals surface area contributed by atoms with Gasteiger partial charge in [-0.15, -0.1) is 5.10 Å². The number of nitrogens with one attached hydrogen (secondary N) is 1. The number of rotatable bonds is 3. The van der Waals surface area contributed by atoms with Crippen LogP contribution in [-0.2, 0) is 0 Å². The lowest BCUT2D eigenvalue weighted by Crippen LogP contribution is -2.51. The summed E-state index contributed by atoms with van der Waals surface area (Å²) in [6.07, 6.45) is 7.50. The molecule has 3 unspecified atom stereocenters. The number of aromatic nitrogens is 4. The number of nitrogens with zero attached hydrogens (tertiary/aromatic N) is 4. The van der Waals surface area contributed by atoms with Gasteiger partial charge in [-0.2, -0.15) is 4.52 Å². The smallest absolute Gasteiger partial charge is 0.223 e. The molecule has 3 atom stereocenters. The van der Waals surface area contributed by atoms with Crippen molar-refractivity contribution in [3.05, 3.63) is 30.2 Å². The standard InChI is InChI=1S/C19H22N6O2/c20-19-22-13(10-15-23-18(24-25(15)19)14-6-3-9-27-14)17(26)16-12-5-2-1-4-11(12)7-8-21-16/h3,6,9-12,16,21H,1-2,4-5,7-8H2,(H2,20,22). The normalized spacial score (nSPS) is 25.4. The van der Waals surface area contributed by atoms with Gasteiger partial charge in [-0.05, 0) is 43.4 Å². The minimum absolute atomic E-state index is 0.00310. The maximum absolute atomic E-state index is 13.2. The molecule has 2 fully saturated rings. The van der Waals surface area contributed by atoms with E-state index in [0.29, 0.717) is 34.8 Å². The highest BCUT2D eigenvalue weighted by molar-refractivity contribution is 5.99. The second kappa shape index (κ2) is 6.45. The fraction of sp³-hybridized carbons (Fsp3) is 0.474. The number of fused-ring (bicyclic) bond motifs is 2. The molecular formula is C19H22N6O2. The van der Waals surface area contributed by atoms with E-state index in [1.165, 1.54) is 23.8 Å². The molecule has 3 aromatic heterocycles. The van der Waals surface area contributed by atoms with Crippen LogP contribution in [0.2, 0.25) is 0 Å². The van der Waals surface area contributed by atoms with Crippen LogP contribution >= 0.6 is 0 Å². The van der Waals surface area contributed by atoms with Crippen molar-refractivity contribution in [1.29, 1.82) is 0 Å². The van der Waals surface area contributed by atoms with Gasteiger partial charge in [0.1, 0.15) is 5.69 Å². The lowest BCUT2D eigenvalue weighted by molar-refractivity contribution is 0.0755. The summed E-state index contributed by atoms with van der Waals surface area (Å²) < 4.78 is 6.78. The average molecular weight is 366 g/mol. The van der Waals surface area contributed by atoms with Crippen molar-refractivity contribution in [2.24, 2.45) is 11.8 Å². The van der Waals surface area contributed by atoms with Gasteiger partial charge in [0, 0.05) is 6.07 Å². The van der Waals surface area contributed by atoms with Crippen LogP contribution < -0.4 is 11.1 Å². The molecule has 0 spiro atoms. The number of piperidine rings is 1. The fourth-order valence-corrected chi connectivity index (χ4v) is 4.60. The van der Waals surface area contributed by atoms with E-state index < -0.39 is 0 Å². The molecule has 8 heteroatoms. The first-order valence-electron chi connectivity index (χ1n) is 9.55. The van der Waals surface area contributed by atoms with Crippen LogP contribution in [0.1, 0.15) is 42.6 Å². The second-order valence-electron chi connectivity index (χ2n) is 7.48. The summed E-state index contributed by atoms with van der Waals surface area (Å²) in [6, 6.07) is 5.03. The molecular weight excluding hydrogens is 344 g/mol. The predicted molar refractivity (Wildman–Crippen MR) is 99.1 cm³/mol. The molecule has 5 rings (SSSR count). The highest BCUT2D eigenvalue weighted by Gasteiger charge is 2.39. The zero-order chi connectivity index (χ0) is 18.4. The predicted octanol–water partition coefficient (Wildman–Crippen LogP) is 2.32. The molecule has 140 valence electrons. The summed E-state index contributed by atoms with van der Waals surface area (Å²) in [7, 11) is 0. The van der Waals surface area contributed by atoms with Crippen LogP contribution in [0.25, 0.3) is 17.2 Å². The number of furan rings is 1. The molecule has 3 aromatic rings. The Morgan fingerprint density at radius 1 is 1.26 bits per heavy atom. The third-order valence-corrected chi connectivity index (χ3v) is 5.90. The first-order valence-corrected chi connectivity index (χ1v) is 9.55. The molecule has 4 heterocycles. The van der Waals surface area contributed by atoms with Crippen molar-refractivity contribution in [2.75, 3.05) is 12.3 Å². The number of Topliss-reactive ketones (excluding diaryl/α,β-unsaturated/α-hetero) is 1. The van der Waals surface area contributed by atoms with Gasteiger partial charge in [-0.25, -0.2) is 9.97 Å². The Kier molecular flexibility index (Phi) is 3.93. The van der Waals surface area contributed by atoms with Gasteiger partial charge in [-0.3, -0.25) is 4.79 Å². The lowest BCUT2D eigenvalue weighted by Gasteiger charge is -2.41. The van der Waals surface area contributed by atoms with Gasteiger partial charge >= 0.3 is 0 Å².